The van der Waals surface area contributed by atoms with Gasteiger partial charge in [0.25, 0.3) is 6.33 Å². The quantitative estimate of drug-likeness (QED) is 0.679. The molecule has 3 heteroatoms. The SMILES string of the molecule is Cc1ccccc1-c1c2c(nc[n+]1C)C=C(c1ccncc1)C2. The van der Waals surface area contributed by atoms with E-state index in [1.165, 1.54) is 33.5 Å². The lowest BCUT2D eigenvalue weighted by Gasteiger charge is -2.10. The van der Waals surface area contributed by atoms with Gasteiger partial charge in [-0.25, -0.2) is 4.57 Å². The summed E-state index contributed by atoms with van der Waals surface area (Å²) < 4.78 is 2.13. The summed E-state index contributed by atoms with van der Waals surface area (Å²) in [6.07, 6.45) is 8.70. The van der Waals surface area contributed by atoms with Gasteiger partial charge in [-0.1, -0.05) is 24.3 Å². The van der Waals surface area contributed by atoms with E-state index in [0.29, 0.717) is 0 Å². The molecule has 3 nitrogen and oxygen atoms in total. The smallest absolute Gasteiger partial charge is 0.265 e. The molecule has 0 bridgehead atoms. The van der Waals surface area contributed by atoms with E-state index in [4.69, 9.17) is 0 Å². The van der Waals surface area contributed by atoms with Crippen LogP contribution in [0.2, 0.25) is 0 Å². The van der Waals surface area contributed by atoms with Crippen molar-refractivity contribution in [3.05, 3.63) is 77.5 Å². The summed E-state index contributed by atoms with van der Waals surface area (Å²) in [7, 11) is 2.07. The average Bonchev–Trinajstić information content (AvgIpc) is 3.01. The van der Waals surface area contributed by atoms with Crippen molar-refractivity contribution in [3.63, 3.8) is 0 Å². The number of pyridine rings is 1. The molecular weight excluding hydrogens is 282 g/mol. The first-order valence-electron chi connectivity index (χ1n) is 7.78. The Hall–Kier alpha value is -2.81. The second kappa shape index (κ2) is 5.43. The summed E-state index contributed by atoms with van der Waals surface area (Å²) in [6.45, 7) is 2.16. The number of fused-ring (bicyclic) bond motifs is 1. The molecule has 0 spiro atoms. The van der Waals surface area contributed by atoms with Crippen LogP contribution >= 0.6 is 0 Å². The van der Waals surface area contributed by atoms with Gasteiger partial charge in [-0.3, -0.25) is 4.98 Å². The van der Waals surface area contributed by atoms with Crippen LogP contribution in [0, 0.1) is 6.92 Å². The zero-order chi connectivity index (χ0) is 15.8. The van der Waals surface area contributed by atoms with Crippen LogP contribution in [0.5, 0.6) is 0 Å². The topological polar surface area (TPSA) is 29.7 Å². The third-order valence-electron chi connectivity index (χ3n) is 4.45. The first kappa shape index (κ1) is 13.8. The van der Waals surface area contributed by atoms with E-state index in [0.717, 1.165) is 12.1 Å². The predicted molar refractivity (Wildman–Crippen MR) is 91.4 cm³/mol. The lowest BCUT2D eigenvalue weighted by atomic mass is 9.98. The van der Waals surface area contributed by atoms with E-state index in [1.807, 2.05) is 18.7 Å². The summed E-state index contributed by atoms with van der Waals surface area (Å²) in [5, 5.41) is 0. The van der Waals surface area contributed by atoms with Crippen LogP contribution in [-0.4, -0.2) is 9.97 Å². The van der Waals surface area contributed by atoms with Crippen molar-refractivity contribution in [2.24, 2.45) is 7.05 Å². The Morgan fingerprint density at radius 3 is 2.61 bits per heavy atom. The third-order valence-corrected chi connectivity index (χ3v) is 4.45. The Labute approximate surface area is 136 Å². The molecule has 2 heterocycles. The number of nitrogens with zero attached hydrogens (tertiary/aromatic N) is 3. The molecule has 0 saturated heterocycles. The molecule has 0 amide bonds. The maximum atomic E-state index is 4.62. The minimum Gasteiger partial charge on any atom is -0.265 e. The molecule has 0 aliphatic heterocycles. The molecule has 1 aliphatic rings. The normalized spacial score (nSPS) is 12.9. The third kappa shape index (κ3) is 2.34. The number of rotatable bonds is 2. The molecule has 0 unspecified atom stereocenters. The van der Waals surface area contributed by atoms with Gasteiger partial charge in [0.2, 0.25) is 0 Å². The van der Waals surface area contributed by atoms with E-state index >= 15 is 0 Å². The lowest BCUT2D eigenvalue weighted by Crippen LogP contribution is -2.33. The van der Waals surface area contributed by atoms with E-state index in [2.05, 4.69) is 71.0 Å². The molecule has 0 saturated carbocycles. The lowest BCUT2D eigenvalue weighted by molar-refractivity contribution is -0.663. The zero-order valence-corrected chi connectivity index (χ0v) is 13.3. The monoisotopic (exact) mass is 300 g/mol. The Kier molecular flexibility index (Phi) is 3.27. The molecule has 3 aromatic rings. The van der Waals surface area contributed by atoms with Gasteiger partial charge in [0.1, 0.15) is 5.69 Å². The molecule has 1 aromatic carbocycles. The molecule has 2 aromatic heterocycles. The van der Waals surface area contributed by atoms with Crippen LogP contribution in [0.1, 0.15) is 22.4 Å². The first-order chi connectivity index (χ1) is 11.2. The highest BCUT2D eigenvalue weighted by molar-refractivity contribution is 5.89. The molecule has 4 rings (SSSR count). The molecule has 1 aliphatic carbocycles. The van der Waals surface area contributed by atoms with Crippen molar-refractivity contribution in [2.45, 2.75) is 13.3 Å². The summed E-state index contributed by atoms with van der Waals surface area (Å²) in [5.41, 5.74) is 8.72. The van der Waals surface area contributed by atoms with Crippen molar-refractivity contribution < 1.29 is 4.57 Å². The fourth-order valence-corrected chi connectivity index (χ4v) is 3.27. The van der Waals surface area contributed by atoms with Gasteiger partial charge >= 0.3 is 0 Å². The average molecular weight is 300 g/mol. The largest absolute Gasteiger partial charge is 0.287 e. The van der Waals surface area contributed by atoms with E-state index in [9.17, 15) is 0 Å². The van der Waals surface area contributed by atoms with Crippen molar-refractivity contribution in [3.8, 4) is 11.3 Å². The maximum Gasteiger partial charge on any atom is 0.287 e. The second-order valence-electron chi connectivity index (χ2n) is 5.97. The molecular formula is C20H18N3+. The number of aryl methyl sites for hydroxylation is 2. The van der Waals surface area contributed by atoms with Crippen molar-refractivity contribution >= 4 is 11.6 Å². The Balaban J connectivity index is 1.84. The van der Waals surface area contributed by atoms with Crippen molar-refractivity contribution in [1.82, 2.24) is 9.97 Å². The van der Waals surface area contributed by atoms with Gasteiger partial charge < -0.3 is 0 Å². The van der Waals surface area contributed by atoms with Gasteiger partial charge in [0, 0.05) is 24.4 Å². The summed E-state index contributed by atoms with van der Waals surface area (Å²) in [5.74, 6) is 0. The predicted octanol–water partition coefficient (Wildman–Crippen LogP) is 3.37. The highest BCUT2D eigenvalue weighted by atomic mass is 15.0. The van der Waals surface area contributed by atoms with E-state index in [-0.39, 0.29) is 0 Å². The van der Waals surface area contributed by atoms with Crippen LogP contribution in [-0.2, 0) is 13.5 Å². The van der Waals surface area contributed by atoms with E-state index < -0.39 is 0 Å². The van der Waals surface area contributed by atoms with Crippen LogP contribution in [0.25, 0.3) is 22.9 Å². The maximum absolute atomic E-state index is 4.62. The number of hydrogen-bond acceptors (Lipinski definition) is 2. The Morgan fingerprint density at radius 2 is 1.83 bits per heavy atom. The molecule has 23 heavy (non-hydrogen) atoms. The minimum absolute atomic E-state index is 0.907. The highest BCUT2D eigenvalue weighted by Gasteiger charge is 2.26. The van der Waals surface area contributed by atoms with Crippen molar-refractivity contribution in [2.75, 3.05) is 0 Å². The summed E-state index contributed by atoms with van der Waals surface area (Å²) >= 11 is 0. The van der Waals surface area contributed by atoms with Gasteiger partial charge in [0.15, 0.2) is 5.69 Å². The fourth-order valence-electron chi connectivity index (χ4n) is 3.27. The number of hydrogen-bond donors (Lipinski definition) is 0. The summed E-state index contributed by atoms with van der Waals surface area (Å²) in [4.78, 5) is 8.73. The van der Waals surface area contributed by atoms with Gasteiger partial charge in [-0.2, -0.15) is 0 Å². The van der Waals surface area contributed by atoms with Crippen molar-refractivity contribution in [1.29, 1.82) is 0 Å². The van der Waals surface area contributed by atoms with Crippen LogP contribution in [0.3, 0.4) is 0 Å². The Bertz CT molecular complexity index is 911. The summed E-state index contributed by atoms with van der Waals surface area (Å²) in [6, 6.07) is 12.7. The van der Waals surface area contributed by atoms with Gasteiger partial charge in [-0.05, 0) is 46.8 Å². The van der Waals surface area contributed by atoms with Gasteiger partial charge in [-0.15, -0.1) is 0 Å². The molecule has 0 N–H and O–H groups in total. The zero-order valence-electron chi connectivity index (χ0n) is 13.3. The number of benzene rings is 1. The second-order valence-corrected chi connectivity index (χ2v) is 5.97. The molecule has 112 valence electrons. The van der Waals surface area contributed by atoms with Crippen LogP contribution < -0.4 is 4.57 Å². The number of aromatic nitrogens is 3. The minimum atomic E-state index is 0.907. The molecule has 0 fully saturated rings. The van der Waals surface area contributed by atoms with Crippen LogP contribution in [0.4, 0.5) is 0 Å². The van der Waals surface area contributed by atoms with E-state index in [1.54, 1.807) is 0 Å². The fraction of sp³-hybridized carbons (Fsp3) is 0.150. The molecule has 0 atom stereocenters. The molecule has 0 radical (unpaired) electrons. The van der Waals surface area contributed by atoms with Gasteiger partial charge in [0.05, 0.1) is 12.6 Å². The standard InChI is InChI=1S/C20H18N3/c1-14-5-3-4-6-17(14)20-18-11-16(15-7-9-21-10-8-15)12-19(18)22-13-23(20)2/h3-10,12-13H,11H2,1-2H3/q+1. The first-order valence-corrected chi connectivity index (χ1v) is 7.78. The van der Waals surface area contributed by atoms with Crippen LogP contribution in [0.15, 0.2) is 55.1 Å². The Morgan fingerprint density at radius 1 is 1.04 bits per heavy atom. The highest BCUT2D eigenvalue weighted by Crippen LogP contribution is 2.35. The number of allylic oxidation sites excluding steroid dienone is 1.